The highest BCUT2D eigenvalue weighted by Crippen LogP contribution is 2.18. The SMILES string of the molecule is CNCC1CCCN(C(=O)C(CCSC)NC(=O)c2ccccc2)C1. The minimum absolute atomic E-state index is 0.0548. The lowest BCUT2D eigenvalue weighted by Gasteiger charge is -2.35. The van der Waals surface area contributed by atoms with Crippen LogP contribution in [0.15, 0.2) is 30.3 Å². The molecule has 1 aromatic rings. The van der Waals surface area contributed by atoms with Crippen molar-refractivity contribution in [1.82, 2.24) is 15.5 Å². The van der Waals surface area contributed by atoms with Gasteiger partial charge in [0.25, 0.3) is 5.91 Å². The minimum Gasteiger partial charge on any atom is -0.341 e. The minimum atomic E-state index is -0.450. The predicted octanol–water partition coefficient (Wildman–Crippen LogP) is 2.00. The largest absolute Gasteiger partial charge is 0.341 e. The van der Waals surface area contributed by atoms with Crippen LogP contribution >= 0.6 is 11.8 Å². The Morgan fingerprint density at radius 3 is 2.76 bits per heavy atom. The molecular formula is C19H29N3O2S. The van der Waals surface area contributed by atoms with Gasteiger partial charge in [0.15, 0.2) is 0 Å². The molecule has 0 bridgehead atoms. The smallest absolute Gasteiger partial charge is 0.251 e. The summed E-state index contributed by atoms with van der Waals surface area (Å²) in [6.45, 7) is 2.49. The van der Waals surface area contributed by atoms with E-state index in [2.05, 4.69) is 10.6 Å². The molecular weight excluding hydrogens is 334 g/mol. The molecule has 2 amide bonds. The zero-order chi connectivity index (χ0) is 18.1. The lowest BCUT2D eigenvalue weighted by molar-refractivity contribution is -0.135. The number of nitrogens with one attached hydrogen (secondary N) is 2. The van der Waals surface area contributed by atoms with Crippen LogP contribution in [0.1, 0.15) is 29.6 Å². The zero-order valence-electron chi connectivity index (χ0n) is 15.2. The number of piperidine rings is 1. The van der Waals surface area contributed by atoms with E-state index >= 15 is 0 Å². The van der Waals surface area contributed by atoms with Gasteiger partial charge in [-0.3, -0.25) is 9.59 Å². The van der Waals surface area contributed by atoms with Crippen LogP contribution in [0.25, 0.3) is 0 Å². The summed E-state index contributed by atoms with van der Waals surface area (Å²) in [7, 11) is 1.95. The molecule has 1 heterocycles. The van der Waals surface area contributed by atoms with Gasteiger partial charge < -0.3 is 15.5 Å². The van der Waals surface area contributed by atoms with Crippen LogP contribution in [0, 0.1) is 5.92 Å². The Labute approximate surface area is 154 Å². The predicted molar refractivity (Wildman–Crippen MR) is 104 cm³/mol. The molecule has 0 aromatic heterocycles. The van der Waals surface area contributed by atoms with Crippen molar-refractivity contribution in [3.8, 4) is 0 Å². The summed E-state index contributed by atoms with van der Waals surface area (Å²) < 4.78 is 0. The second-order valence-electron chi connectivity index (χ2n) is 6.52. The van der Waals surface area contributed by atoms with Crippen LogP contribution in [0.3, 0.4) is 0 Å². The number of carbonyl (C=O) groups is 2. The van der Waals surface area contributed by atoms with Crippen molar-refractivity contribution in [2.24, 2.45) is 5.92 Å². The molecule has 2 rings (SSSR count). The first-order valence-corrected chi connectivity index (χ1v) is 10.3. The third kappa shape index (κ3) is 6.04. The average Bonchev–Trinajstić information content (AvgIpc) is 2.65. The van der Waals surface area contributed by atoms with Crippen LogP contribution in [0.5, 0.6) is 0 Å². The van der Waals surface area contributed by atoms with Gasteiger partial charge in [-0.1, -0.05) is 18.2 Å². The van der Waals surface area contributed by atoms with Crippen LogP contribution < -0.4 is 10.6 Å². The Balaban J connectivity index is 2.02. The van der Waals surface area contributed by atoms with E-state index in [4.69, 9.17) is 0 Å². The topological polar surface area (TPSA) is 61.4 Å². The highest BCUT2D eigenvalue weighted by Gasteiger charge is 2.29. The van der Waals surface area contributed by atoms with E-state index in [-0.39, 0.29) is 11.8 Å². The number of thioether (sulfide) groups is 1. The number of likely N-dealkylation sites (tertiary alicyclic amines) is 1. The van der Waals surface area contributed by atoms with E-state index in [1.807, 2.05) is 36.4 Å². The number of hydrogen-bond donors (Lipinski definition) is 2. The average molecular weight is 364 g/mol. The van der Waals surface area contributed by atoms with Gasteiger partial charge in [-0.15, -0.1) is 0 Å². The zero-order valence-corrected chi connectivity index (χ0v) is 16.0. The van der Waals surface area contributed by atoms with Crippen molar-refractivity contribution in [3.05, 3.63) is 35.9 Å². The van der Waals surface area contributed by atoms with Crippen molar-refractivity contribution in [3.63, 3.8) is 0 Å². The van der Waals surface area contributed by atoms with Crippen molar-refractivity contribution in [2.75, 3.05) is 38.7 Å². The maximum Gasteiger partial charge on any atom is 0.251 e. The number of nitrogens with zero attached hydrogens (tertiary/aromatic N) is 1. The van der Waals surface area contributed by atoms with Gasteiger partial charge in [0.05, 0.1) is 0 Å². The second-order valence-corrected chi connectivity index (χ2v) is 7.51. The number of carbonyl (C=O) groups excluding carboxylic acids is 2. The van der Waals surface area contributed by atoms with Gasteiger partial charge in [-0.2, -0.15) is 11.8 Å². The molecule has 5 nitrogen and oxygen atoms in total. The number of amides is 2. The highest BCUT2D eigenvalue weighted by molar-refractivity contribution is 7.98. The molecule has 2 atom stereocenters. The van der Waals surface area contributed by atoms with Crippen LogP contribution in [-0.2, 0) is 4.79 Å². The van der Waals surface area contributed by atoms with Gasteiger partial charge in [-0.05, 0) is 62.9 Å². The van der Waals surface area contributed by atoms with Crippen molar-refractivity contribution < 1.29 is 9.59 Å². The van der Waals surface area contributed by atoms with Gasteiger partial charge in [0.1, 0.15) is 6.04 Å². The normalized spacial score (nSPS) is 18.6. The summed E-state index contributed by atoms with van der Waals surface area (Å²) in [5.41, 5.74) is 0.594. The standard InChI is InChI=1S/C19H29N3O2S/c1-20-13-15-7-6-11-22(14-15)19(24)17(10-12-25-2)21-18(23)16-8-4-3-5-9-16/h3-5,8-9,15,17,20H,6-7,10-14H2,1-2H3,(H,21,23). The molecule has 1 aliphatic rings. The molecule has 1 fully saturated rings. The monoisotopic (exact) mass is 363 g/mol. The van der Waals surface area contributed by atoms with E-state index in [0.29, 0.717) is 17.9 Å². The molecule has 138 valence electrons. The van der Waals surface area contributed by atoms with Crippen LogP contribution in [0.4, 0.5) is 0 Å². The fraction of sp³-hybridized carbons (Fsp3) is 0.579. The van der Waals surface area contributed by atoms with Crippen molar-refractivity contribution in [1.29, 1.82) is 0 Å². The van der Waals surface area contributed by atoms with Crippen molar-refractivity contribution in [2.45, 2.75) is 25.3 Å². The number of benzene rings is 1. The molecule has 6 heteroatoms. The number of hydrogen-bond acceptors (Lipinski definition) is 4. The molecule has 0 saturated carbocycles. The highest BCUT2D eigenvalue weighted by atomic mass is 32.2. The van der Waals surface area contributed by atoms with Gasteiger partial charge in [0, 0.05) is 18.7 Å². The third-order valence-corrected chi connectivity index (χ3v) is 5.22. The summed E-state index contributed by atoms with van der Waals surface area (Å²) in [5.74, 6) is 1.22. The van der Waals surface area contributed by atoms with E-state index in [9.17, 15) is 9.59 Å². The Hall–Kier alpha value is -1.53. The molecule has 1 saturated heterocycles. The molecule has 1 aliphatic heterocycles. The summed E-state index contributed by atoms with van der Waals surface area (Å²) in [6.07, 6.45) is 4.85. The first-order valence-electron chi connectivity index (χ1n) is 8.94. The molecule has 25 heavy (non-hydrogen) atoms. The Morgan fingerprint density at radius 2 is 2.08 bits per heavy atom. The Kier molecular flexibility index (Phi) is 8.28. The Bertz CT molecular complexity index is 551. The van der Waals surface area contributed by atoms with E-state index in [1.165, 1.54) is 0 Å². The summed E-state index contributed by atoms with van der Waals surface area (Å²) in [4.78, 5) is 27.4. The van der Waals surface area contributed by atoms with E-state index in [1.54, 1.807) is 23.9 Å². The molecule has 2 N–H and O–H groups in total. The van der Waals surface area contributed by atoms with Gasteiger partial charge in [-0.25, -0.2) is 0 Å². The quantitative estimate of drug-likeness (QED) is 0.742. The first-order chi connectivity index (χ1) is 12.2. The van der Waals surface area contributed by atoms with Crippen LogP contribution in [-0.4, -0.2) is 61.4 Å². The molecule has 1 aromatic carbocycles. The lowest BCUT2D eigenvalue weighted by atomic mass is 9.97. The fourth-order valence-electron chi connectivity index (χ4n) is 3.27. The Morgan fingerprint density at radius 1 is 1.32 bits per heavy atom. The summed E-state index contributed by atoms with van der Waals surface area (Å²) in [6, 6.07) is 8.64. The first kappa shape index (κ1) is 19.8. The van der Waals surface area contributed by atoms with Crippen LogP contribution in [0.2, 0.25) is 0 Å². The lowest BCUT2D eigenvalue weighted by Crippen LogP contribution is -2.52. The molecule has 0 radical (unpaired) electrons. The maximum absolute atomic E-state index is 13.0. The maximum atomic E-state index is 13.0. The molecule has 0 aliphatic carbocycles. The molecule has 2 unspecified atom stereocenters. The third-order valence-electron chi connectivity index (χ3n) is 4.57. The van der Waals surface area contributed by atoms with Gasteiger partial charge >= 0.3 is 0 Å². The summed E-state index contributed by atoms with van der Waals surface area (Å²) in [5, 5.41) is 6.16. The summed E-state index contributed by atoms with van der Waals surface area (Å²) >= 11 is 1.69. The number of rotatable bonds is 8. The molecule has 0 spiro atoms. The van der Waals surface area contributed by atoms with Gasteiger partial charge in [0.2, 0.25) is 5.91 Å². The fourth-order valence-corrected chi connectivity index (χ4v) is 3.74. The second kappa shape index (κ2) is 10.5. The van der Waals surface area contributed by atoms with Crippen molar-refractivity contribution >= 4 is 23.6 Å². The van der Waals surface area contributed by atoms with E-state index < -0.39 is 6.04 Å². The van der Waals surface area contributed by atoms with E-state index in [0.717, 1.165) is 38.2 Å².